The molecule has 2 atom stereocenters. The minimum Gasteiger partial charge on any atom is -0.378 e. The van der Waals surface area contributed by atoms with Crippen molar-refractivity contribution >= 4 is 21.6 Å². The lowest BCUT2D eigenvalue weighted by Gasteiger charge is -2.22. The Labute approximate surface area is 121 Å². The first kappa shape index (κ1) is 14.5. The maximum Gasteiger partial charge on any atom is 0.283 e. The lowest BCUT2D eigenvalue weighted by Crippen LogP contribution is -2.32. The van der Waals surface area contributed by atoms with Crippen molar-refractivity contribution < 1.29 is 4.74 Å². The molecule has 0 saturated carbocycles. The van der Waals surface area contributed by atoms with Crippen LogP contribution >= 0.6 is 15.9 Å². The number of nitrogens with zero attached hydrogens (tertiary/aromatic N) is 2. The number of aromatic nitrogens is 2. The van der Waals surface area contributed by atoms with Gasteiger partial charge in [0.25, 0.3) is 5.56 Å². The third-order valence-corrected chi connectivity index (χ3v) is 4.10. The van der Waals surface area contributed by atoms with Gasteiger partial charge in [-0.15, -0.1) is 0 Å². The van der Waals surface area contributed by atoms with Gasteiger partial charge in [0, 0.05) is 12.6 Å². The molecule has 1 aromatic heterocycles. The number of halogens is 1. The predicted molar refractivity (Wildman–Crippen MR) is 78.6 cm³/mol. The smallest absolute Gasteiger partial charge is 0.283 e. The Balaban J connectivity index is 2.17. The molecule has 1 fully saturated rings. The topological polar surface area (TPSA) is 56.2 Å². The predicted octanol–water partition coefficient (Wildman–Crippen LogP) is 2.57. The van der Waals surface area contributed by atoms with Gasteiger partial charge in [0.05, 0.1) is 24.0 Å². The van der Waals surface area contributed by atoms with Gasteiger partial charge >= 0.3 is 0 Å². The van der Waals surface area contributed by atoms with Gasteiger partial charge in [0.15, 0.2) is 0 Å². The van der Waals surface area contributed by atoms with Crippen molar-refractivity contribution in [1.82, 2.24) is 9.78 Å². The second-order valence-electron chi connectivity index (χ2n) is 5.20. The number of nitrogens with one attached hydrogen (secondary N) is 1. The SMILES string of the molecule is CC(Nc1cnn(C(C)C)c(=O)c1Br)C1CCCO1. The molecule has 2 unspecified atom stereocenters. The average molecular weight is 330 g/mol. The van der Waals surface area contributed by atoms with Crippen molar-refractivity contribution in [2.45, 2.75) is 51.8 Å². The summed E-state index contributed by atoms with van der Waals surface area (Å²) in [5, 5.41) is 7.50. The Morgan fingerprint density at radius 1 is 1.53 bits per heavy atom. The third kappa shape index (κ3) is 3.17. The standard InChI is InChI=1S/C13H20BrN3O2/c1-8(2)17-13(18)12(14)10(7-15-17)16-9(3)11-5-4-6-19-11/h7-9,11,16H,4-6H2,1-3H3. The van der Waals surface area contributed by atoms with Crippen LogP contribution in [0.2, 0.25) is 0 Å². The Morgan fingerprint density at radius 2 is 2.26 bits per heavy atom. The van der Waals surface area contributed by atoms with Gasteiger partial charge in [-0.25, -0.2) is 4.68 Å². The van der Waals surface area contributed by atoms with Crippen LogP contribution < -0.4 is 10.9 Å². The molecule has 0 aromatic carbocycles. The molecule has 0 bridgehead atoms. The van der Waals surface area contributed by atoms with Gasteiger partial charge in [0.1, 0.15) is 4.47 Å². The molecule has 1 saturated heterocycles. The fourth-order valence-corrected chi connectivity index (χ4v) is 2.65. The molecule has 1 aliphatic rings. The molecule has 2 heterocycles. The van der Waals surface area contributed by atoms with E-state index in [1.807, 2.05) is 13.8 Å². The van der Waals surface area contributed by atoms with Gasteiger partial charge in [-0.3, -0.25) is 4.79 Å². The minimum atomic E-state index is -0.112. The van der Waals surface area contributed by atoms with E-state index >= 15 is 0 Å². The van der Waals surface area contributed by atoms with Crippen LogP contribution in [0.25, 0.3) is 0 Å². The quantitative estimate of drug-likeness (QED) is 0.922. The monoisotopic (exact) mass is 329 g/mol. The lowest BCUT2D eigenvalue weighted by molar-refractivity contribution is 0.0996. The Hall–Kier alpha value is -0.880. The molecular formula is C13H20BrN3O2. The number of ether oxygens (including phenoxy) is 1. The van der Waals surface area contributed by atoms with E-state index in [1.165, 1.54) is 4.68 Å². The molecule has 0 radical (unpaired) electrons. The van der Waals surface area contributed by atoms with Crippen molar-refractivity contribution in [3.05, 3.63) is 21.0 Å². The van der Waals surface area contributed by atoms with Crippen LogP contribution in [-0.4, -0.2) is 28.5 Å². The molecule has 6 heteroatoms. The summed E-state index contributed by atoms with van der Waals surface area (Å²) in [5.74, 6) is 0. The average Bonchev–Trinajstić information content (AvgIpc) is 2.88. The fourth-order valence-electron chi connectivity index (χ4n) is 2.25. The zero-order valence-corrected chi connectivity index (χ0v) is 13.1. The van der Waals surface area contributed by atoms with Gasteiger partial charge in [-0.1, -0.05) is 0 Å². The summed E-state index contributed by atoms with van der Waals surface area (Å²) in [5.41, 5.74) is 0.615. The van der Waals surface area contributed by atoms with Crippen molar-refractivity contribution in [3.8, 4) is 0 Å². The molecule has 0 aliphatic carbocycles. The minimum absolute atomic E-state index is 0.0495. The second kappa shape index (κ2) is 6.05. The molecule has 5 nitrogen and oxygen atoms in total. The highest BCUT2D eigenvalue weighted by atomic mass is 79.9. The molecule has 1 aliphatic heterocycles. The zero-order valence-electron chi connectivity index (χ0n) is 11.5. The summed E-state index contributed by atoms with van der Waals surface area (Å²) in [4.78, 5) is 12.1. The summed E-state index contributed by atoms with van der Waals surface area (Å²) in [7, 11) is 0. The molecular weight excluding hydrogens is 310 g/mol. The first-order valence-electron chi connectivity index (χ1n) is 6.66. The van der Waals surface area contributed by atoms with E-state index in [-0.39, 0.29) is 23.7 Å². The second-order valence-corrected chi connectivity index (χ2v) is 5.99. The largest absolute Gasteiger partial charge is 0.378 e. The van der Waals surface area contributed by atoms with E-state index in [1.54, 1.807) is 6.20 Å². The molecule has 19 heavy (non-hydrogen) atoms. The summed E-state index contributed by atoms with van der Waals surface area (Å²) >= 11 is 3.36. The van der Waals surface area contributed by atoms with E-state index < -0.39 is 0 Å². The van der Waals surface area contributed by atoms with Crippen LogP contribution in [0.1, 0.15) is 39.7 Å². The lowest BCUT2D eigenvalue weighted by atomic mass is 10.1. The maximum absolute atomic E-state index is 12.1. The summed E-state index contributed by atoms with van der Waals surface area (Å²) in [6, 6.07) is 0.211. The summed E-state index contributed by atoms with van der Waals surface area (Å²) < 4.78 is 7.63. The van der Waals surface area contributed by atoms with Crippen LogP contribution in [0.5, 0.6) is 0 Å². The zero-order chi connectivity index (χ0) is 14.0. The number of hydrogen-bond donors (Lipinski definition) is 1. The Morgan fingerprint density at radius 3 is 2.84 bits per heavy atom. The van der Waals surface area contributed by atoms with Crippen molar-refractivity contribution in [2.24, 2.45) is 0 Å². The molecule has 106 valence electrons. The highest BCUT2D eigenvalue weighted by Gasteiger charge is 2.23. The molecule has 0 amide bonds. The van der Waals surface area contributed by atoms with Crippen molar-refractivity contribution in [2.75, 3.05) is 11.9 Å². The van der Waals surface area contributed by atoms with E-state index in [0.717, 1.165) is 25.1 Å². The number of anilines is 1. The van der Waals surface area contributed by atoms with E-state index in [9.17, 15) is 4.79 Å². The number of hydrogen-bond acceptors (Lipinski definition) is 4. The normalized spacial score (nSPS) is 20.8. The Kier molecular flexibility index (Phi) is 4.62. The first-order chi connectivity index (χ1) is 9.00. The van der Waals surface area contributed by atoms with Crippen molar-refractivity contribution in [3.63, 3.8) is 0 Å². The van der Waals surface area contributed by atoms with Crippen LogP contribution in [0.15, 0.2) is 15.5 Å². The fraction of sp³-hybridized carbons (Fsp3) is 0.692. The van der Waals surface area contributed by atoms with Crippen LogP contribution in [-0.2, 0) is 4.74 Å². The molecule has 2 rings (SSSR count). The molecule has 0 spiro atoms. The summed E-state index contributed by atoms with van der Waals surface area (Å²) in [6.45, 7) is 6.76. The first-order valence-corrected chi connectivity index (χ1v) is 7.45. The maximum atomic E-state index is 12.1. The van der Waals surface area contributed by atoms with Gasteiger partial charge in [-0.2, -0.15) is 5.10 Å². The van der Waals surface area contributed by atoms with E-state index in [2.05, 4.69) is 33.3 Å². The van der Waals surface area contributed by atoms with Gasteiger partial charge in [0.2, 0.25) is 0 Å². The Bertz CT molecular complexity index is 495. The van der Waals surface area contributed by atoms with Crippen LogP contribution in [0.3, 0.4) is 0 Å². The highest BCUT2D eigenvalue weighted by Crippen LogP contribution is 2.22. The summed E-state index contributed by atoms with van der Waals surface area (Å²) in [6.07, 6.45) is 4.06. The molecule has 1 aromatic rings. The number of rotatable bonds is 4. The highest BCUT2D eigenvalue weighted by molar-refractivity contribution is 9.10. The van der Waals surface area contributed by atoms with E-state index in [0.29, 0.717) is 4.47 Å². The van der Waals surface area contributed by atoms with Crippen LogP contribution in [0.4, 0.5) is 5.69 Å². The third-order valence-electron chi connectivity index (χ3n) is 3.34. The van der Waals surface area contributed by atoms with Crippen molar-refractivity contribution in [1.29, 1.82) is 0 Å². The van der Waals surface area contributed by atoms with Gasteiger partial charge in [-0.05, 0) is 49.5 Å². The van der Waals surface area contributed by atoms with Gasteiger partial charge < -0.3 is 10.1 Å². The van der Waals surface area contributed by atoms with E-state index in [4.69, 9.17) is 4.74 Å². The molecule has 1 N–H and O–H groups in total. The van der Waals surface area contributed by atoms with Crippen LogP contribution in [0, 0.1) is 0 Å².